The number of nitrogens with zero attached hydrogens (tertiary/aromatic N) is 1. The van der Waals surface area contributed by atoms with Gasteiger partial charge in [-0.25, -0.2) is 18.4 Å². The number of rotatable bonds is 5. The lowest BCUT2D eigenvalue weighted by Gasteiger charge is -2.24. The highest BCUT2D eigenvalue weighted by atomic mass is 19.1. The van der Waals surface area contributed by atoms with Crippen molar-refractivity contribution in [2.45, 2.75) is 25.9 Å². The second kappa shape index (κ2) is 6.83. The van der Waals surface area contributed by atoms with Crippen LogP contribution in [0.1, 0.15) is 18.9 Å². The van der Waals surface area contributed by atoms with Crippen molar-refractivity contribution < 1.29 is 23.5 Å². The lowest BCUT2D eigenvalue weighted by atomic mass is 10.2. The summed E-state index contributed by atoms with van der Waals surface area (Å²) in [6.07, 6.45) is 0.254. The molecule has 20 heavy (non-hydrogen) atoms. The molecule has 7 heteroatoms. The number of hydrogen-bond acceptors (Lipinski definition) is 2. The second-order valence-electron chi connectivity index (χ2n) is 4.27. The number of carboxylic acids is 1. The highest BCUT2D eigenvalue weighted by Crippen LogP contribution is 2.09. The van der Waals surface area contributed by atoms with Gasteiger partial charge in [0.05, 0.1) is 0 Å². The molecule has 0 heterocycles. The van der Waals surface area contributed by atoms with Crippen LogP contribution in [0.15, 0.2) is 18.2 Å². The van der Waals surface area contributed by atoms with Gasteiger partial charge in [0.1, 0.15) is 17.7 Å². The van der Waals surface area contributed by atoms with Crippen molar-refractivity contribution in [2.24, 2.45) is 0 Å². The molecule has 2 amide bonds. The molecule has 2 N–H and O–H groups in total. The van der Waals surface area contributed by atoms with E-state index in [-0.39, 0.29) is 18.5 Å². The van der Waals surface area contributed by atoms with Crippen LogP contribution in [-0.4, -0.2) is 35.1 Å². The molecule has 0 aliphatic rings. The molecule has 0 aromatic heterocycles. The zero-order chi connectivity index (χ0) is 15.3. The van der Waals surface area contributed by atoms with Crippen molar-refractivity contribution in [2.75, 3.05) is 7.05 Å². The summed E-state index contributed by atoms with van der Waals surface area (Å²) >= 11 is 0. The maximum atomic E-state index is 13.4. The number of amides is 2. The predicted molar refractivity (Wildman–Crippen MR) is 68.1 cm³/mol. The average Bonchev–Trinajstić information content (AvgIpc) is 2.37. The first-order valence-corrected chi connectivity index (χ1v) is 6.04. The fraction of sp³-hybridized carbons (Fsp3) is 0.385. The number of carbonyl (C=O) groups excluding carboxylic acids is 1. The zero-order valence-electron chi connectivity index (χ0n) is 11.2. The monoisotopic (exact) mass is 286 g/mol. The van der Waals surface area contributed by atoms with Gasteiger partial charge in [-0.3, -0.25) is 0 Å². The van der Waals surface area contributed by atoms with E-state index >= 15 is 0 Å². The Morgan fingerprint density at radius 3 is 2.55 bits per heavy atom. The van der Waals surface area contributed by atoms with Crippen LogP contribution >= 0.6 is 0 Å². The summed E-state index contributed by atoms with van der Waals surface area (Å²) < 4.78 is 26.1. The summed E-state index contributed by atoms with van der Waals surface area (Å²) in [5.74, 6) is -2.58. The maximum Gasteiger partial charge on any atom is 0.326 e. The Hall–Kier alpha value is -2.18. The van der Waals surface area contributed by atoms with Gasteiger partial charge in [-0.15, -0.1) is 0 Å². The number of halogens is 2. The van der Waals surface area contributed by atoms with Crippen LogP contribution < -0.4 is 5.32 Å². The molecule has 0 saturated heterocycles. The van der Waals surface area contributed by atoms with E-state index in [0.29, 0.717) is 0 Å². The van der Waals surface area contributed by atoms with E-state index in [1.165, 1.54) is 13.1 Å². The molecule has 1 aromatic carbocycles. The summed E-state index contributed by atoms with van der Waals surface area (Å²) in [7, 11) is 1.35. The molecule has 1 atom stereocenters. The van der Waals surface area contributed by atoms with Gasteiger partial charge >= 0.3 is 12.0 Å². The topological polar surface area (TPSA) is 69.6 Å². The van der Waals surface area contributed by atoms with Crippen molar-refractivity contribution in [3.8, 4) is 0 Å². The Morgan fingerprint density at radius 2 is 2.05 bits per heavy atom. The molecule has 1 rings (SSSR count). The lowest BCUT2D eigenvalue weighted by Crippen LogP contribution is -2.46. The smallest absolute Gasteiger partial charge is 0.326 e. The van der Waals surface area contributed by atoms with E-state index in [1.54, 1.807) is 6.92 Å². The minimum absolute atomic E-state index is 0.122. The summed E-state index contributed by atoms with van der Waals surface area (Å²) in [6, 6.07) is 1.44. The van der Waals surface area contributed by atoms with Gasteiger partial charge in [-0.2, -0.15) is 0 Å². The molecule has 0 radical (unpaired) electrons. The standard InChI is InChI=1S/C13H16F2N2O3/c1-3-11(12(18)19)17(2)13(20)16-7-8-4-5-9(14)6-10(8)15/h4-6,11H,3,7H2,1-2H3,(H,16,20)(H,18,19). The van der Waals surface area contributed by atoms with Gasteiger partial charge in [0, 0.05) is 25.2 Å². The van der Waals surface area contributed by atoms with Crippen LogP contribution in [0.25, 0.3) is 0 Å². The molecule has 1 aromatic rings. The van der Waals surface area contributed by atoms with E-state index in [4.69, 9.17) is 5.11 Å². The zero-order valence-corrected chi connectivity index (χ0v) is 11.2. The SMILES string of the molecule is CCC(C(=O)O)N(C)C(=O)NCc1ccc(F)cc1F. The van der Waals surface area contributed by atoms with Crippen LogP contribution in [0.3, 0.4) is 0 Å². The predicted octanol–water partition coefficient (Wildman–Crippen LogP) is 1.97. The van der Waals surface area contributed by atoms with Gasteiger partial charge in [0.15, 0.2) is 0 Å². The highest BCUT2D eigenvalue weighted by Gasteiger charge is 2.24. The largest absolute Gasteiger partial charge is 0.480 e. The summed E-state index contributed by atoms with van der Waals surface area (Å²) in [5.41, 5.74) is 0.122. The van der Waals surface area contributed by atoms with E-state index in [0.717, 1.165) is 17.0 Å². The molecule has 0 fully saturated rings. The van der Waals surface area contributed by atoms with E-state index in [9.17, 15) is 18.4 Å². The fourth-order valence-electron chi connectivity index (χ4n) is 1.72. The Labute approximate surface area is 115 Å². The van der Waals surface area contributed by atoms with Crippen molar-refractivity contribution in [1.82, 2.24) is 10.2 Å². The lowest BCUT2D eigenvalue weighted by molar-refractivity contribution is -0.141. The second-order valence-corrected chi connectivity index (χ2v) is 4.27. The maximum absolute atomic E-state index is 13.4. The number of carboxylic acid groups (broad SMARTS) is 1. The number of aliphatic carboxylic acids is 1. The first-order valence-electron chi connectivity index (χ1n) is 6.04. The fourth-order valence-corrected chi connectivity index (χ4v) is 1.72. The number of hydrogen-bond donors (Lipinski definition) is 2. The third-order valence-electron chi connectivity index (χ3n) is 2.90. The molecule has 0 spiro atoms. The van der Waals surface area contributed by atoms with Crippen molar-refractivity contribution in [1.29, 1.82) is 0 Å². The molecular weight excluding hydrogens is 270 g/mol. The van der Waals surface area contributed by atoms with Gasteiger partial charge in [0.25, 0.3) is 0 Å². The van der Waals surface area contributed by atoms with Crippen LogP contribution in [0.2, 0.25) is 0 Å². The van der Waals surface area contributed by atoms with Gasteiger partial charge < -0.3 is 15.3 Å². The summed E-state index contributed by atoms with van der Waals surface area (Å²) in [5, 5.41) is 11.3. The molecule has 0 aliphatic carbocycles. The van der Waals surface area contributed by atoms with Crippen molar-refractivity contribution in [3.05, 3.63) is 35.4 Å². The Balaban J connectivity index is 2.65. The molecule has 0 bridgehead atoms. The van der Waals surface area contributed by atoms with E-state index in [1.807, 2.05) is 0 Å². The molecule has 1 unspecified atom stereocenters. The number of carbonyl (C=O) groups is 2. The Bertz CT molecular complexity index is 508. The molecule has 110 valence electrons. The normalized spacial score (nSPS) is 11.8. The van der Waals surface area contributed by atoms with Crippen molar-refractivity contribution in [3.63, 3.8) is 0 Å². The summed E-state index contributed by atoms with van der Waals surface area (Å²) in [4.78, 5) is 23.7. The first kappa shape index (κ1) is 15.9. The Kier molecular flexibility index (Phi) is 5.42. The molecule has 0 aliphatic heterocycles. The van der Waals surface area contributed by atoms with Crippen LogP contribution in [-0.2, 0) is 11.3 Å². The Morgan fingerprint density at radius 1 is 1.40 bits per heavy atom. The molecule has 5 nitrogen and oxygen atoms in total. The van der Waals surface area contributed by atoms with E-state index in [2.05, 4.69) is 5.32 Å². The number of urea groups is 1. The molecule has 0 saturated carbocycles. The first-order chi connectivity index (χ1) is 9.36. The van der Waals surface area contributed by atoms with Crippen LogP contribution in [0, 0.1) is 11.6 Å². The van der Waals surface area contributed by atoms with Crippen LogP contribution in [0.4, 0.5) is 13.6 Å². The van der Waals surface area contributed by atoms with Crippen molar-refractivity contribution >= 4 is 12.0 Å². The third-order valence-corrected chi connectivity index (χ3v) is 2.90. The number of likely N-dealkylation sites (N-methyl/N-ethyl adjacent to an activating group) is 1. The number of benzene rings is 1. The minimum atomic E-state index is -1.11. The van der Waals surface area contributed by atoms with Gasteiger partial charge in [-0.1, -0.05) is 13.0 Å². The quantitative estimate of drug-likeness (QED) is 0.869. The summed E-state index contributed by atoms with van der Waals surface area (Å²) in [6.45, 7) is 1.49. The average molecular weight is 286 g/mol. The van der Waals surface area contributed by atoms with Crippen LogP contribution in [0.5, 0.6) is 0 Å². The molecular formula is C13H16F2N2O3. The highest BCUT2D eigenvalue weighted by molar-refractivity contribution is 5.82. The van der Waals surface area contributed by atoms with Gasteiger partial charge in [0.2, 0.25) is 0 Å². The minimum Gasteiger partial charge on any atom is -0.480 e. The van der Waals surface area contributed by atoms with Gasteiger partial charge in [-0.05, 0) is 12.5 Å². The van der Waals surface area contributed by atoms with E-state index < -0.39 is 29.7 Å². The number of nitrogens with one attached hydrogen (secondary N) is 1. The third kappa shape index (κ3) is 3.91.